The quantitative estimate of drug-likeness (QED) is 0.776. The lowest BCUT2D eigenvalue weighted by atomic mass is 10.1. The molecule has 2 fully saturated rings. The average molecular weight is 441 g/mol. The van der Waals surface area contributed by atoms with E-state index in [0.29, 0.717) is 37.9 Å². The Labute approximate surface area is 185 Å². The smallest absolute Gasteiger partial charge is 0.254 e. The number of carbonyl (C=O) groups is 3. The maximum atomic E-state index is 13.9. The van der Waals surface area contributed by atoms with Crippen LogP contribution in [0, 0.1) is 11.6 Å². The van der Waals surface area contributed by atoms with Crippen LogP contribution >= 0.6 is 0 Å². The number of carbonyl (C=O) groups excluding carboxylic acids is 3. The molecule has 3 amide bonds. The molecule has 2 heterocycles. The number of nitrogens with zero attached hydrogens (tertiary/aromatic N) is 2. The molecular weight excluding hydrogens is 416 g/mol. The summed E-state index contributed by atoms with van der Waals surface area (Å²) >= 11 is 0. The SMILES string of the molecule is O=C(NCc1ccc(F)cc1F)[C@@H]1CCCN1C(=O)[C@@H]1CCCN1C(=O)c1ccccc1. The van der Waals surface area contributed by atoms with Crippen molar-refractivity contribution in [3.05, 3.63) is 71.3 Å². The molecule has 2 atom stereocenters. The van der Waals surface area contributed by atoms with Crippen LogP contribution in [-0.2, 0) is 16.1 Å². The van der Waals surface area contributed by atoms with Gasteiger partial charge in [0.25, 0.3) is 5.91 Å². The zero-order valence-electron chi connectivity index (χ0n) is 17.6. The molecule has 0 aliphatic carbocycles. The lowest BCUT2D eigenvalue weighted by Crippen LogP contribution is -2.52. The molecule has 0 unspecified atom stereocenters. The predicted octanol–water partition coefficient (Wildman–Crippen LogP) is 2.88. The van der Waals surface area contributed by atoms with E-state index >= 15 is 0 Å². The van der Waals surface area contributed by atoms with Crippen LogP contribution in [0.25, 0.3) is 0 Å². The molecule has 2 saturated heterocycles. The largest absolute Gasteiger partial charge is 0.350 e. The number of hydrogen-bond donors (Lipinski definition) is 1. The van der Waals surface area contributed by atoms with Gasteiger partial charge in [0.15, 0.2) is 0 Å². The van der Waals surface area contributed by atoms with Gasteiger partial charge in [0.05, 0.1) is 0 Å². The van der Waals surface area contributed by atoms with Crippen molar-refractivity contribution < 1.29 is 23.2 Å². The first-order valence-electron chi connectivity index (χ1n) is 10.8. The Kier molecular flexibility index (Phi) is 6.48. The normalized spacial score (nSPS) is 20.4. The van der Waals surface area contributed by atoms with Crippen molar-refractivity contribution in [3.8, 4) is 0 Å². The van der Waals surface area contributed by atoms with Crippen LogP contribution < -0.4 is 5.32 Å². The molecule has 0 radical (unpaired) electrons. The Hall–Kier alpha value is -3.29. The van der Waals surface area contributed by atoms with E-state index in [1.54, 1.807) is 29.2 Å². The maximum absolute atomic E-state index is 13.9. The lowest BCUT2D eigenvalue weighted by molar-refractivity contribution is -0.141. The Morgan fingerprint density at radius 3 is 2.31 bits per heavy atom. The summed E-state index contributed by atoms with van der Waals surface area (Å²) in [6.07, 6.45) is 2.46. The highest BCUT2D eigenvalue weighted by atomic mass is 19.1. The molecule has 6 nitrogen and oxygen atoms in total. The molecule has 8 heteroatoms. The number of benzene rings is 2. The monoisotopic (exact) mass is 441 g/mol. The highest BCUT2D eigenvalue weighted by Gasteiger charge is 2.42. The standard InChI is InChI=1S/C24H25F2N3O3/c25-18-11-10-17(19(26)14-18)15-27-22(30)20-8-4-12-28(20)24(32)21-9-5-13-29(21)23(31)16-6-2-1-3-7-16/h1-3,6-7,10-11,14,20-21H,4-5,8-9,12-13,15H2,(H,27,30)/t20-,21-/m0/s1. The van der Waals surface area contributed by atoms with Gasteiger partial charge in [-0.15, -0.1) is 0 Å². The number of hydrogen-bond acceptors (Lipinski definition) is 3. The minimum Gasteiger partial charge on any atom is -0.350 e. The molecule has 2 aliphatic heterocycles. The van der Waals surface area contributed by atoms with Gasteiger partial charge in [0.2, 0.25) is 11.8 Å². The Balaban J connectivity index is 1.42. The molecule has 2 aromatic rings. The van der Waals surface area contributed by atoms with E-state index in [4.69, 9.17) is 0 Å². The topological polar surface area (TPSA) is 69.7 Å². The zero-order valence-corrected chi connectivity index (χ0v) is 17.6. The summed E-state index contributed by atoms with van der Waals surface area (Å²) in [5, 5.41) is 2.66. The second-order valence-electron chi connectivity index (χ2n) is 8.17. The molecule has 0 spiro atoms. The third kappa shape index (κ3) is 4.49. The molecule has 1 N–H and O–H groups in total. The number of nitrogens with one attached hydrogen (secondary N) is 1. The van der Waals surface area contributed by atoms with E-state index in [2.05, 4.69) is 5.32 Å². The molecule has 2 aliphatic rings. The number of likely N-dealkylation sites (tertiary alicyclic amines) is 2. The Morgan fingerprint density at radius 1 is 0.906 bits per heavy atom. The minimum atomic E-state index is -0.731. The lowest BCUT2D eigenvalue weighted by Gasteiger charge is -2.31. The van der Waals surface area contributed by atoms with Gasteiger partial charge < -0.3 is 15.1 Å². The average Bonchev–Trinajstić information content (AvgIpc) is 3.48. The van der Waals surface area contributed by atoms with Crippen molar-refractivity contribution >= 4 is 17.7 Å². The van der Waals surface area contributed by atoms with Crippen LogP contribution in [-0.4, -0.2) is 52.7 Å². The fourth-order valence-corrected chi connectivity index (χ4v) is 4.47. The summed E-state index contributed by atoms with van der Waals surface area (Å²) in [5.74, 6) is -2.20. The Morgan fingerprint density at radius 2 is 1.59 bits per heavy atom. The second kappa shape index (κ2) is 9.46. The number of amides is 3. The number of halogens is 2. The van der Waals surface area contributed by atoms with E-state index in [1.165, 1.54) is 11.0 Å². The van der Waals surface area contributed by atoms with Crippen LogP contribution in [0.1, 0.15) is 41.6 Å². The molecular formula is C24H25F2N3O3. The second-order valence-corrected chi connectivity index (χ2v) is 8.17. The fraction of sp³-hybridized carbons (Fsp3) is 0.375. The maximum Gasteiger partial charge on any atom is 0.254 e. The first-order valence-corrected chi connectivity index (χ1v) is 10.8. The van der Waals surface area contributed by atoms with Gasteiger partial charge >= 0.3 is 0 Å². The van der Waals surface area contributed by atoms with Crippen LogP contribution in [0.5, 0.6) is 0 Å². The van der Waals surface area contributed by atoms with Crippen LogP contribution in [0.4, 0.5) is 8.78 Å². The van der Waals surface area contributed by atoms with Gasteiger partial charge in [-0.2, -0.15) is 0 Å². The molecule has 4 rings (SSSR count). The number of rotatable bonds is 5. The summed E-state index contributed by atoms with van der Waals surface area (Å²) in [5.41, 5.74) is 0.704. The molecule has 168 valence electrons. The minimum absolute atomic E-state index is 0.0917. The summed E-state index contributed by atoms with van der Waals surface area (Å²) in [4.78, 5) is 42.2. The zero-order chi connectivity index (χ0) is 22.7. The van der Waals surface area contributed by atoms with Crippen molar-refractivity contribution in [3.63, 3.8) is 0 Å². The Bertz CT molecular complexity index is 1010. The van der Waals surface area contributed by atoms with Gasteiger partial charge in [-0.25, -0.2) is 8.78 Å². The van der Waals surface area contributed by atoms with Crippen LogP contribution in [0.2, 0.25) is 0 Å². The summed E-state index contributed by atoms with van der Waals surface area (Å²) in [6.45, 7) is 0.843. The van der Waals surface area contributed by atoms with E-state index in [1.807, 2.05) is 6.07 Å². The summed E-state index contributed by atoms with van der Waals surface area (Å²) in [7, 11) is 0. The van der Waals surface area contributed by atoms with Crippen molar-refractivity contribution in [2.45, 2.75) is 44.3 Å². The van der Waals surface area contributed by atoms with E-state index in [0.717, 1.165) is 18.6 Å². The molecule has 0 saturated carbocycles. The van der Waals surface area contributed by atoms with E-state index in [9.17, 15) is 23.2 Å². The highest BCUT2D eigenvalue weighted by Crippen LogP contribution is 2.26. The van der Waals surface area contributed by atoms with Gasteiger partial charge in [0, 0.05) is 36.8 Å². The van der Waals surface area contributed by atoms with Crippen molar-refractivity contribution in [1.29, 1.82) is 0 Å². The van der Waals surface area contributed by atoms with Crippen molar-refractivity contribution in [2.75, 3.05) is 13.1 Å². The molecule has 0 aromatic heterocycles. The predicted molar refractivity (Wildman–Crippen MR) is 113 cm³/mol. The highest BCUT2D eigenvalue weighted by molar-refractivity contribution is 5.99. The summed E-state index contributed by atoms with van der Waals surface area (Å²) < 4.78 is 26.9. The third-order valence-corrected chi connectivity index (χ3v) is 6.13. The van der Waals surface area contributed by atoms with Gasteiger partial charge in [-0.1, -0.05) is 24.3 Å². The van der Waals surface area contributed by atoms with E-state index < -0.39 is 23.7 Å². The van der Waals surface area contributed by atoms with Crippen molar-refractivity contribution in [1.82, 2.24) is 15.1 Å². The van der Waals surface area contributed by atoms with Crippen LogP contribution in [0.15, 0.2) is 48.5 Å². The van der Waals surface area contributed by atoms with Gasteiger partial charge in [-0.05, 0) is 43.9 Å². The van der Waals surface area contributed by atoms with Crippen LogP contribution in [0.3, 0.4) is 0 Å². The molecule has 2 aromatic carbocycles. The third-order valence-electron chi connectivity index (χ3n) is 6.13. The van der Waals surface area contributed by atoms with E-state index in [-0.39, 0.29) is 29.8 Å². The molecule has 32 heavy (non-hydrogen) atoms. The fourth-order valence-electron chi connectivity index (χ4n) is 4.47. The van der Waals surface area contributed by atoms with Gasteiger partial charge in [-0.3, -0.25) is 14.4 Å². The van der Waals surface area contributed by atoms with Crippen molar-refractivity contribution in [2.24, 2.45) is 0 Å². The first-order chi connectivity index (χ1) is 15.5. The van der Waals surface area contributed by atoms with Gasteiger partial charge in [0.1, 0.15) is 23.7 Å². The first kappa shape index (κ1) is 21.9. The molecule has 0 bridgehead atoms. The summed E-state index contributed by atoms with van der Waals surface area (Å²) in [6, 6.07) is 10.8.